The van der Waals surface area contributed by atoms with Crippen molar-refractivity contribution in [3.63, 3.8) is 0 Å². The Kier molecular flexibility index (Phi) is 8.51. The normalized spacial score (nSPS) is 12.1. The van der Waals surface area contributed by atoms with Gasteiger partial charge in [-0.25, -0.2) is 0 Å². The first-order valence-electron chi connectivity index (χ1n) is 7.45. The molecule has 0 heterocycles. The molecular formula is C15H30N2O4. The van der Waals surface area contributed by atoms with E-state index >= 15 is 0 Å². The molecule has 0 bridgehead atoms. The van der Waals surface area contributed by atoms with E-state index in [4.69, 9.17) is 10.2 Å². The summed E-state index contributed by atoms with van der Waals surface area (Å²) in [5.74, 6) is -0.237. The van der Waals surface area contributed by atoms with Crippen LogP contribution in [0.1, 0.15) is 47.0 Å². The van der Waals surface area contributed by atoms with Gasteiger partial charge in [-0.1, -0.05) is 27.7 Å². The zero-order valence-electron chi connectivity index (χ0n) is 13.7. The van der Waals surface area contributed by atoms with Crippen LogP contribution in [0.15, 0.2) is 0 Å². The summed E-state index contributed by atoms with van der Waals surface area (Å²) in [6.07, 6.45) is 1.45. The van der Waals surface area contributed by atoms with Crippen molar-refractivity contribution in [1.29, 1.82) is 0 Å². The van der Waals surface area contributed by atoms with E-state index in [9.17, 15) is 9.59 Å². The Morgan fingerprint density at radius 1 is 0.810 bits per heavy atom. The molecule has 0 fully saturated rings. The first-order valence-corrected chi connectivity index (χ1v) is 7.45. The third-order valence-electron chi connectivity index (χ3n) is 3.35. The van der Waals surface area contributed by atoms with Crippen LogP contribution in [0.2, 0.25) is 0 Å². The Bertz CT molecular complexity index is 309. The average molecular weight is 302 g/mol. The van der Waals surface area contributed by atoms with Crippen LogP contribution in [0.3, 0.4) is 0 Å². The molecule has 0 aliphatic carbocycles. The van der Waals surface area contributed by atoms with Crippen LogP contribution in [0, 0.1) is 10.8 Å². The van der Waals surface area contributed by atoms with Gasteiger partial charge in [0.2, 0.25) is 11.8 Å². The summed E-state index contributed by atoms with van der Waals surface area (Å²) in [5, 5.41) is 23.0. The second-order valence-electron chi connectivity index (χ2n) is 6.61. The minimum atomic E-state index is -0.673. The Morgan fingerprint density at radius 2 is 1.14 bits per heavy atom. The summed E-state index contributed by atoms with van der Waals surface area (Å²) in [7, 11) is 0. The zero-order chi connectivity index (χ0) is 16.5. The highest BCUT2D eigenvalue weighted by molar-refractivity contribution is 5.85. The molecule has 0 unspecified atom stereocenters. The van der Waals surface area contributed by atoms with Gasteiger partial charge in [-0.3, -0.25) is 9.59 Å². The van der Waals surface area contributed by atoms with Crippen molar-refractivity contribution in [3.05, 3.63) is 0 Å². The Balaban J connectivity index is 4.51. The van der Waals surface area contributed by atoms with E-state index < -0.39 is 10.8 Å². The zero-order valence-corrected chi connectivity index (χ0v) is 13.7. The molecule has 0 aliphatic rings. The number of aliphatic hydroxyl groups excluding tert-OH is 2. The summed E-state index contributed by atoms with van der Waals surface area (Å²) in [6, 6.07) is 0. The number of carbonyl (C=O) groups is 2. The van der Waals surface area contributed by atoms with Gasteiger partial charge in [0.1, 0.15) is 0 Å². The number of hydrogen-bond donors (Lipinski definition) is 4. The van der Waals surface area contributed by atoms with E-state index in [0.29, 0.717) is 32.4 Å². The molecule has 0 aromatic carbocycles. The van der Waals surface area contributed by atoms with E-state index in [2.05, 4.69) is 10.6 Å². The molecule has 0 radical (unpaired) electrons. The molecule has 6 heteroatoms. The van der Waals surface area contributed by atoms with Gasteiger partial charge in [-0.05, 0) is 19.3 Å². The fourth-order valence-corrected chi connectivity index (χ4v) is 2.31. The smallest absolute Gasteiger partial charge is 0.225 e. The maximum atomic E-state index is 12.1. The lowest BCUT2D eigenvalue weighted by molar-refractivity contribution is -0.135. The van der Waals surface area contributed by atoms with Crippen LogP contribution >= 0.6 is 0 Å². The van der Waals surface area contributed by atoms with Crippen LogP contribution in [0.5, 0.6) is 0 Å². The minimum absolute atomic E-state index is 0.0411. The number of aliphatic hydroxyl groups is 2. The molecule has 0 spiro atoms. The van der Waals surface area contributed by atoms with Gasteiger partial charge < -0.3 is 20.8 Å². The number of nitrogens with one attached hydrogen (secondary N) is 2. The lowest BCUT2D eigenvalue weighted by atomic mass is 9.74. The SMILES string of the molecule is CC(C)(CC(C)(C)C(=O)NCCCO)C(=O)NCCCO. The Labute approximate surface area is 127 Å². The quantitative estimate of drug-likeness (QED) is 0.440. The topological polar surface area (TPSA) is 98.7 Å². The highest BCUT2D eigenvalue weighted by Gasteiger charge is 2.38. The summed E-state index contributed by atoms with van der Waals surface area (Å²) < 4.78 is 0. The fourth-order valence-electron chi connectivity index (χ4n) is 2.31. The van der Waals surface area contributed by atoms with Crippen molar-refractivity contribution in [2.45, 2.75) is 47.0 Å². The summed E-state index contributed by atoms with van der Waals surface area (Å²) in [5.41, 5.74) is -1.35. The second kappa shape index (κ2) is 9.00. The summed E-state index contributed by atoms with van der Waals surface area (Å²) in [6.45, 7) is 8.19. The van der Waals surface area contributed by atoms with Crippen LogP contribution in [-0.4, -0.2) is 48.3 Å². The van der Waals surface area contributed by atoms with Crippen LogP contribution < -0.4 is 10.6 Å². The first kappa shape index (κ1) is 19.9. The highest BCUT2D eigenvalue weighted by atomic mass is 16.3. The van der Waals surface area contributed by atoms with Crippen molar-refractivity contribution >= 4 is 11.8 Å². The maximum Gasteiger partial charge on any atom is 0.225 e. The predicted molar refractivity (Wildman–Crippen MR) is 81.6 cm³/mol. The Morgan fingerprint density at radius 3 is 1.43 bits per heavy atom. The number of rotatable bonds is 10. The lowest BCUT2D eigenvalue weighted by Crippen LogP contribution is -2.45. The second-order valence-corrected chi connectivity index (χ2v) is 6.61. The van der Waals surface area contributed by atoms with Crippen molar-refractivity contribution in [2.24, 2.45) is 10.8 Å². The molecule has 124 valence electrons. The number of carbonyl (C=O) groups excluding carboxylic acids is 2. The van der Waals surface area contributed by atoms with Crippen molar-refractivity contribution in [2.75, 3.05) is 26.3 Å². The van der Waals surface area contributed by atoms with Crippen LogP contribution in [0.25, 0.3) is 0 Å². The molecule has 21 heavy (non-hydrogen) atoms. The lowest BCUT2D eigenvalue weighted by Gasteiger charge is -2.33. The molecule has 0 saturated carbocycles. The van der Waals surface area contributed by atoms with Crippen molar-refractivity contribution < 1.29 is 19.8 Å². The van der Waals surface area contributed by atoms with Gasteiger partial charge in [0, 0.05) is 37.1 Å². The van der Waals surface area contributed by atoms with Crippen molar-refractivity contribution in [1.82, 2.24) is 10.6 Å². The molecule has 2 amide bonds. The van der Waals surface area contributed by atoms with Gasteiger partial charge in [-0.15, -0.1) is 0 Å². The molecule has 0 rings (SSSR count). The summed E-state index contributed by atoms with van der Waals surface area (Å²) in [4.78, 5) is 24.3. The number of amides is 2. The standard InChI is InChI=1S/C15H30N2O4/c1-14(2,12(20)16-7-5-9-18)11-15(3,4)13(21)17-8-6-10-19/h18-19H,5-11H2,1-4H3,(H,16,20)(H,17,21). The molecule has 0 aromatic rings. The third-order valence-corrected chi connectivity index (χ3v) is 3.35. The van der Waals surface area contributed by atoms with E-state index in [1.807, 2.05) is 27.7 Å². The van der Waals surface area contributed by atoms with E-state index in [0.717, 1.165) is 0 Å². The number of hydrogen-bond acceptors (Lipinski definition) is 4. The minimum Gasteiger partial charge on any atom is -0.396 e. The van der Waals surface area contributed by atoms with Gasteiger partial charge in [0.05, 0.1) is 0 Å². The largest absolute Gasteiger partial charge is 0.396 e. The molecular weight excluding hydrogens is 272 g/mol. The van der Waals surface area contributed by atoms with Crippen LogP contribution in [0.4, 0.5) is 0 Å². The molecule has 6 nitrogen and oxygen atoms in total. The summed E-state index contributed by atoms with van der Waals surface area (Å²) >= 11 is 0. The fraction of sp³-hybridized carbons (Fsp3) is 0.867. The van der Waals surface area contributed by atoms with Gasteiger partial charge >= 0.3 is 0 Å². The van der Waals surface area contributed by atoms with E-state index in [-0.39, 0.29) is 25.0 Å². The van der Waals surface area contributed by atoms with Gasteiger partial charge in [0.25, 0.3) is 0 Å². The molecule has 0 aliphatic heterocycles. The Hall–Kier alpha value is -1.14. The molecule has 0 saturated heterocycles. The van der Waals surface area contributed by atoms with Gasteiger partial charge in [0.15, 0.2) is 0 Å². The van der Waals surface area contributed by atoms with E-state index in [1.54, 1.807) is 0 Å². The maximum absolute atomic E-state index is 12.1. The first-order chi connectivity index (χ1) is 9.67. The molecule has 0 aromatic heterocycles. The van der Waals surface area contributed by atoms with Gasteiger partial charge in [-0.2, -0.15) is 0 Å². The highest BCUT2D eigenvalue weighted by Crippen LogP contribution is 2.34. The average Bonchev–Trinajstić information content (AvgIpc) is 2.37. The monoisotopic (exact) mass is 302 g/mol. The van der Waals surface area contributed by atoms with Crippen molar-refractivity contribution in [3.8, 4) is 0 Å². The van der Waals surface area contributed by atoms with Crippen LogP contribution in [-0.2, 0) is 9.59 Å². The molecule has 4 N–H and O–H groups in total. The third kappa shape index (κ3) is 7.43. The predicted octanol–water partition coefficient (Wildman–Crippen LogP) is 0.426. The van der Waals surface area contributed by atoms with E-state index in [1.165, 1.54) is 0 Å². The molecule has 0 atom stereocenters.